The Bertz CT molecular complexity index is 278. The Hall–Kier alpha value is -0.860. The average Bonchev–Trinajstić information content (AvgIpc) is 2.31. The van der Waals surface area contributed by atoms with Crippen LogP contribution in [0.1, 0.15) is 31.4 Å². The van der Waals surface area contributed by atoms with Crippen molar-refractivity contribution in [1.29, 1.82) is 0 Å². The molecule has 1 aromatic carbocycles. The lowest BCUT2D eigenvalue weighted by Crippen LogP contribution is -2.43. The van der Waals surface area contributed by atoms with Gasteiger partial charge in [-0.25, -0.2) is 0 Å². The van der Waals surface area contributed by atoms with Crippen molar-refractivity contribution in [1.82, 2.24) is 10.6 Å². The number of rotatable bonds is 3. The zero-order chi connectivity index (χ0) is 10.5. The van der Waals surface area contributed by atoms with E-state index >= 15 is 0 Å². The summed E-state index contributed by atoms with van der Waals surface area (Å²) in [5.41, 5.74) is 1.38. The molecule has 2 rings (SSSR count). The third-order valence-electron chi connectivity index (χ3n) is 3.08. The third-order valence-corrected chi connectivity index (χ3v) is 3.08. The summed E-state index contributed by atoms with van der Waals surface area (Å²) < 4.78 is 0. The molecule has 1 saturated heterocycles. The predicted octanol–water partition coefficient (Wildman–Crippen LogP) is 2.09. The SMILES string of the molecule is C[C@H](NC1CCCNC1)c1ccccc1. The first kappa shape index (κ1) is 10.7. The summed E-state index contributed by atoms with van der Waals surface area (Å²) in [7, 11) is 0. The number of nitrogens with one attached hydrogen (secondary N) is 2. The van der Waals surface area contributed by atoms with E-state index in [1.165, 1.54) is 24.9 Å². The number of benzene rings is 1. The highest BCUT2D eigenvalue weighted by Gasteiger charge is 2.15. The predicted molar refractivity (Wildman–Crippen MR) is 63.9 cm³/mol. The Morgan fingerprint density at radius 1 is 1.33 bits per heavy atom. The molecule has 15 heavy (non-hydrogen) atoms. The van der Waals surface area contributed by atoms with Crippen molar-refractivity contribution in [3.05, 3.63) is 35.9 Å². The topological polar surface area (TPSA) is 24.1 Å². The van der Waals surface area contributed by atoms with E-state index in [4.69, 9.17) is 0 Å². The highest BCUT2D eigenvalue weighted by molar-refractivity contribution is 5.18. The Morgan fingerprint density at radius 3 is 2.80 bits per heavy atom. The molecule has 82 valence electrons. The summed E-state index contributed by atoms with van der Waals surface area (Å²) in [6.07, 6.45) is 2.59. The molecule has 0 aliphatic carbocycles. The highest BCUT2D eigenvalue weighted by atomic mass is 15.0. The van der Waals surface area contributed by atoms with Crippen LogP contribution in [0.2, 0.25) is 0 Å². The van der Waals surface area contributed by atoms with E-state index in [-0.39, 0.29) is 0 Å². The minimum atomic E-state index is 0.455. The Kier molecular flexibility index (Phi) is 3.75. The Balaban J connectivity index is 1.88. The van der Waals surface area contributed by atoms with Crippen LogP contribution in [-0.4, -0.2) is 19.1 Å². The molecule has 0 saturated carbocycles. The van der Waals surface area contributed by atoms with Crippen molar-refractivity contribution < 1.29 is 0 Å². The van der Waals surface area contributed by atoms with E-state index in [0.717, 1.165) is 6.54 Å². The van der Waals surface area contributed by atoms with E-state index in [9.17, 15) is 0 Å². The fourth-order valence-electron chi connectivity index (χ4n) is 2.19. The van der Waals surface area contributed by atoms with E-state index < -0.39 is 0 Å². The zero-order valence-corrected chi connectivity index (χ0v) is 9.37. The summed E-state index contributed by atoms with van der Waals surface area (Å²) in [5.74, 6) is 0. The van der Waals surface area contributed by atoms with Crippen LogP contribution in [-0.2, 0) is 0 Å². The van der Waals surface area contributed by atoms with Crippen LogP contribution in [0.5, 0.6) is 0 Å². The van der Waals surface area contributed by atoms with E-state index in [1.807, 2.05) is 0 Å². The minimum absolute atomic E-state index is 0.455. The van der Waals surface area contributed by atoms with Gasteiger partial charge in [-0.3, -0.25) is 0 Å². The molecule has 1 aromatic rings. The average molecular weight is 204 g/mol. The summed E-state index contributed by atoms with van der Waals surface area (Å²) in [6.45, 7) is 4.53. The molecule has 1 unspecified atom stereocenters. The molecule has 2 N–H and O–H groups in total. The highest BCUT2D eigenvalue weighted by Crippen LogP contribution is 2.14. The molecule has 1 fully saturated rings. The van der Waals surface area contributed by atoms with Crippen LogP contribution >= 0.6 is 0 Å². The molecule has 2 heteroatoms. The smallest absolute Gasteiger partial charge is 0.0294 e. The number of hydrogen-bond donors (Lipinski definition) is 2. The largest absolute Gasteiger partial charge is 0.315 e. The molecular weight excluding hydrogens is 184 g/mol. The monoisotopic (exact) mass is 204 g/mol. The van der Waals surface area contributed by atoms with Crippen LogP contribution in [0.3, 0.4) is 0 Å². The van der Waals surface area contributed by atoms with Crippen molar-refractivity contribution in [2.45, 2.75) is 31.8 Å². The van der Waals surface area contributed by atoms with Crippen molar-refractivity contribution in [3.8, 4) is 0 Å². The molecule has 1 heterocycles. The van der Waals surface area contributed by atoms with Crippen LogP contribution < -0.4 is 10.6 Å². The second kappa shape index (κ2) is 5.29. The second-order valence-corrected chi connectivity index (χ2v) is 4.34. The van der Waals surface area contributed by atoms with Crippen LogP contribution in [0, 0.1) is 0 Å². The van der Waals surface area contributed by atoms with E-state index in [0.29, 0.717) is 12.1 Å². The molecule has 2 atom stereocenters. The molecular formula is C13H20N2. The summed E-state index contributed by atoms with van der Waals surface area (Å²) in [6, 6.07) is 11.7. The minimum Gasteiger partial charge on any atom is -0.315 e. The first-order valence-electron chi connectivity index (χ1n) is 5.88. The lowest BCUT2D eigenvalue weighted by molar-refractivity contribution is 0.362. The van der Waals surface area contributed by atoms with Gasteiger partial charge in [0, 0.05) is 18.6 Å². The summed E-state index contributed by atoms with van der Waals surface area (Å²) >= 11 is 0. The number of hydrogen-bond acceptors (Lipinski definition) is 2. The standard InChI is InChI=1S/C13H20N2/c1-11(12-6-3-2-4-7-12)15-13-8-5-9-14-10-13/h2-4,6-7,11,13-15H,5,8-10H2,1H3/t11-,13?/m0/s1. The van der Waals surface area contributed by atoms with Crippen LogP contribution in [0.25, 0.3) is 0 Å². The number of piperidine rings is 1. The van der Waals surface area contributed by atoms with Crippen molar-refractivity contribution in [2.75, 3.05) is 13.1 Å². The Labute approximate surface area is 92.1 Å². The Morgan fingerprint density at radius 2 is 2.13 bits per heavy atom. The molecule has 0 spiro atoms. The molecule has 0 amide bonds. The van der Waals surface area contributed by atoms with Crippen LogP contribution in [0.4, 0.5) is 0 Å². The van der Waals surface area contributed by atoms with Gasteiger partial charge in [0.25, 0.3) is 0 Å². The maximum absolute atomic E-state index is 3.67. The van der Waals surface area contributed by atoms with Gasteiger partial charge in [-0.1, -0.05) is 30.3 Å². The van der Waals surface area contributed by atoms with Gasteiger partial charge in [-0.2, -0.15) is 0 Å². The van der Waals surface area contributed by atoms with Gasteiger partial charge in [-0.15, -0.1) is 0 Å². The zero-order valence-electron chi connectivity index (χ0n) is 9.37. The fourth-order valence-corrected chi connectivity index (χ4v) is 2.19. The van der Waals surface area contributed by atoms with Gasteiger partial charge in [0.05, 0.1) is 0 Å². The maximum Gasteiger partial charge on any atom is 0.0294 e. The third kappa shape index (κ3) is 3.05. The quantitative estimate of drug-likeness (QED) is 0.788. The van der Waals surface area contributed by atoms with Crippen molar-refractivity contribution >= 4 is 0 Å². The first-order chi connectivity index (χ1) is 7.36. The van der Waals surface area contributed by atoms with Gasteiger partial charge in [0.15, 0.2) is 0 Å². The molecule has 2 nitrogen and oxygen atoms in total. The normalized spacial score (nSPS) is 23.7. The van der Waals surface area contributed by atoms with Gasteiger partial charge in [-0.05, 0) is 31.9 Å². The lowest BCUT2D eigenvalue weighted by atomic mass is 10.0. The lowest BCUT2D eigenvalue weighted by Gasteiger charge is -2.27. The van der Waals surface area contributed by atoms with Gasteiger partial charge in [0.2, 0.25) is 0 Å². The summed E-state index contributed by atoms with van der Waals surface area (Å²) in [5, 5.41) is 7.10. The molecule has 1 aliphatic rings. The van der Waals surface area contributed by atoms with Crippen molar-refractivity contribution in [2.24, 2.45) is 0 Å². The van der Waals surface area contributed by atoms with Gasteiger partial charge in [0.1, 0.15) is 0 Å². The first-order valence-corrected chi connectivity index (χ1v) is 5.88. The van der Waals surface area contributed by atoms with Crippen LogP contribution in [0.15, 0.2) is 30.3 Å². The second-order valence-electron chi connectivity index (χ2n) is 4.34. The molecule has 1 aliphatic heterocycles. The van der Waals surface area contributed by atoms with Gasteiger partial charge < -0.3 is 10.6 Å². The molecule has 0 radical (unpaired) electrons. The van der Waals surface area contributed by atoms with E-state index in [2.05, 4.69) is 47.9 Å². The summed E-state index contributed by atoms with van der Waals surface area (Å²) in [4.78, 5) is 0. The van der Waals surface area contributed by atoms with Gasteiger partial charge >= 0.3 is 0 Å². The fraction of sp³-hybridized carbons (Fsp3) is 0.538. The van der Waals surface area contributed by atoms with Crippen molar-refractivity contribution in [3.63, 3.8) is 0 Å². The maximum atomic E-state index is 3.67. The molecule has 0 bridgehead atoms. The van der Waals surface area contributed by atoms with E-state index in [1.54, 1.807) is 0 Å². The molecule has 0 aromatic heterocycles.